The van der Waals surface area contributed by atoms with Crippen LogP contribution < -0.4 is 0 Å². The van der Waals surface area contributed by atoms with Crippen LogP contribution in [0.5, 0.6) is 0 Å². The summed E-state index contributed by atoms with van der Waals surface area (Å²) >= 11 is 0. The van der Waals surface area contributed by atoms with Crippen LogP contribution in [0.1, 0.15) is 58.1 Å². The molecule has 4 nitrogen and oxygen atoms in total. The van der Waals surface area contributed by atoms with E-state index in [4.69, 9.17) is 0 Å². The van der Waals surface area contributed by atoms with E-state index in [1.165, 1.54) is 19.3 Å². The van der Waals surface area contributed by atoms with Gasteiger partial charge >= 0.3 is 0 Å². The Hall–Kier alpha value is -1.32. The van der Waals surface area contributed by atoms with E-state index in [0.29, 0.717) is 23.3 Å². The number of nitrogens with zero attached hydrogens (tertiary/aromatic N) is 3. The molecule has 4 saturated carbocycles. The number of amides is 1. The highest BCUT2D eigenvalue weighted by molar-refractivity contribution is 5.83. The molecule has 2 unspecified atom stereocenters. The lowest BCUT2D eigenvalue weighted by atomic mass is 9.40. The average Bonchev–Trinajstić information content (AvgIpc) is 2.79. The summed E-state index contributed by atoms with van der Waals surface area (Å²) in [6, 6.07) is 2.01. The summed E-state index contributed by atoms with van der Waals surface area (Å²) in [6.45, 7) is 5.52. The molecule has 4 aliphatic carbocycles. The maximum Gasteiger partial charge on any atom is 0.228 e. The van der Waals surface area contributed by atoms with Gasteiger partial charge in [0, 0.05) is 20.3 Å². The van der Waals surface area contributed by atoms with Gasteiger partial charge in [0.25, 0.3) is 0 Å². The molecule has 1 heterocycles. The van der Waals surface area contributed by atoms with Crippen molar-refractivity contribution >= 4 is 5.91 Å². The second kappa shape index (κ2) is 4.61. The largest absolute Gasteiger partial charge is 0.339 e. The summed E-state index contributed by atoms with van der Waals surface area (Å²) in [7, 11) is 3.92. The zero-order chi connectivity index (χ0) is 16.5. The number of carbonyl (C=O) groups excluding carboxylic acids is 1. The van der Waals surface area contributed by atoms with Gasteiger partial charge in [-0.15, -0.1) is 0 Å². The molecule has 1 aromatic heterocycles. The third kappa shape index (κ3) is 2.33. The Morgan fingerprint density at radius 2 is 1.91 bits per heavy atom. The Bertz CT molecular complexity index is 631. The number of aryl methyl sites for hydroxylation is 1. The fourth-order valence-corrected chi connectivity index (χ4v) is 6.96. The van der Waals surface area contributed by atoms with Gasteiger partial charge in [0.1, 0.15) is 0 Å². The molecule has 1 amide bonds. The molecule has 4 heteroatoms. The van der Waals surface area contributed by atoms with Gasteiger partial charge in [-0.1, -0.05) is 13.8 Å². The van der Waals surface area contributed by atoms with E-state index in [2.05, 4.69) is 18.9 Å². The fourth-order valence-electron chi connectivity index (χ4n) is 6.96. The normalized spacial score (nSPS) is 41.3. The van der Waals surface area contributed by atoms with Crippen molar-refractivity contribution in [1.82, 2.24) is 14.7 Å². The lowest BCUT2D eigenvalue weighted by Gasteiger charge is -2.65. The van der Waals surface area contributed by atoms with Crippen LogP contribution in [-0.4, -0.2) is 27.6 Å². The molecule has 4 atom stereocenters. The van der Waals surface area contributed by atoms with Crippen molar-refractivity contribution in [2.24, 2.45) is 29.2 Å². The monoisotopic (exact) mass is 315 g/mol. The molecule has 4 fully saturated rings. The molecule has 5 rings (SSSR count). The molecule has 0 spiro atoms. The van der Waals surface area contributed by atoms with Crippen LogP contribution in [0.4, 0.5) is 0 Å². The minimum atomic E-state index is -0.101. The summed E-state index contributed by atoms with van der Waals surface area (Å²) in [5.74, 6) is 1.13. The molecule has 0 N–H and O–H groups in total. The summed E-state index contributed by atoms with van der Waals surface area (Å²) in [5.41, 5.74) is 1.77. The second-order valence-corrected chi connectivity index (χ2v) is 9.52. The summed E-state index contributed by atoms with van der Waals surface area (Å²) in [6.07, 6.45) is 9.11. The van der Waals surface area contributed by atoms with Crippen molar-refractivity contribution < 1.29 is 4.79 Å². The molecule has 4 aliphatic rings. The van der Waals surface area contributed by atoms with Crippen molar-refractivity contribution in [3.63, 3.8) is 0 Å². The van der Waals surface area contributed by atoms with Crippen molar-refractivity contribution in [3.8, 4) is 0 Å². The second-order valence-electron chi connectivity index (χ2n) is 9.52. The first-order valence-electron chi connectivity index (χ1n) is 8.95. The van der Waals surface area contributed by atoms with Crippen LogP contribution in [-0.2, 0) is 18.4 Å². The smallest absolute Gasteiger partial charge is 0.228 e. The highest BCUT2D eigenvalue weighted by atomic mass is 16.2. The van der Waals surface area contributed by atoms with Gasteiger partial charge < -0.3 is 4.90 Å². The molecule has 0 aromatic carbocycles. The molecule has 126 valence electrons. The fraction of sp³-hybridized carbons (Fsp3) is 0.789. The van der Waals surface area contributed by atoms with E-state index < -0.39 is 0 Å². The van der Waals surface area contributed by atoms with E-state index in [9.17, 15) is 4.79 Å². The number of rotatable bonds is 3. The maximum absolute atomic E-state index is 13.4. The number of hydrogen-bond acceptors (Lipinski definition) is 2. The van der Waals surface area contributed by atoms with E-state index in [1.54, 1.807) is 6.20 Å². The molecule has 0 radical (unpaired) electrons. The van der Waals surface area contributed by atoms with E-state index >= 15 is 0 Å². The topological polar surface area (TPSA) is 38.1 Å². The van der Waals surface area contributed by atoms with Gasteiger partial charge in [-0.05, 0) is 61.3 Å². The molecule has 4 bridgehead atoms. The number of carbonyl (C=O) groups is 1. The third-order valence-corrected chi connectivity index (χ3v) is 6.75. The Balaban J connectivity index is 1.59. The van der Waals surface area contributed by atoms with Crippen LogP contribution in [0, 0.1) is 22.2 Å². The van der Waals surface area contributed by atoms with Gasteiger partial charge in [-0.3, -0.25) is 9.48 Å². The molecule has 0 aliphatic heterocycles. The molecular weight excluding hydrogens is 286 g/mol. The minimum Gasteiger partial charge on any atom is -0.339 e. The van der Waals surface area contributed by atoms with Crippen molar-refractivity contribution in [1.29, 1.82) is 0 Å². The first-order valence-corrected chi connectivity index (χ1v) is 8.95. The first kappa shape index (κ1) is 15.2. The zero-order valence-corrected chi connectivity index (χ0v) is 14.9. The van der Waals surface area contributed by atoms with Gasteiger partial charge in [0.05, 0.1) is 17.7 Å². The lowest BCUT2D eigenvalue weighted by molar-refractivity contribution is -0.178. The summed E-state index contributed by atoms with van der Waals surface area (Å²) < 4.78 is 1.87. The maximum atomic E-state index is 13.4. The van der Waals surface area contributed by atoms with Crippen LogP contribution in [0.2, 0.25) is 0 Å². The highest BCUT2D eigenvalue weighted by Gasteiger charge is 2.63. The van der Waals surface area contributed by atoms with E-state index in [-0.39, 0.29) is 5.41 Å². The zero-order valence-electron chi connectivity index (χ0n) is 14.9. The predicted octanol–water partition coefficient (Wildman–Crippen LogP) is 3.38. The molecule has 23 heavy (non-hydrogen) atoms. The van der Waals surface area contributed by atoms with Gasteiger partial charge in [-0.2, -0.15) is 5.10 Å². The van der Waals surface area contributed by atoms with Gasteiger partial charge in [0.2, 0.25) is 5.91 Å². The number of hydrogen-bond donors (Lipinski definition) is 0. The van der Waals surface area contributed by atoms with Crippen molar-refractivity contribution in [3.05, 3.63) is 18.0 Å². The van der Waals surface area contributed by atoms with E-state index in [0.717, 1.165) is 30.9 Å². The Kier molecular flexibility index (Phi) is 3.05. The van der Waals surface area contributed by atoms with Crippen LogP contribution in [0.15, 0.2) is 12.3 Å². The van der Waals surface area contributed by atoms with Gasteiger partial charge in [0.15, 0.2) is 0 Å². The van der Waals surface area contributed by atoms with Crippen LogP contribution in [0.3, 0.4) is 0 Å². The van der Waals surface area contributed by atoms with Crippen LogP contribution in [0.25, 0.3) is 0 Å². The molecule has 0 saturated heterocycles. The van der Waals surface area contributed by atoms with Crippen LogP contribution >= 0.6 is 0 Å². The summed E-state index contributed by atoms with van der Waals surface area (Å²) in [5, 5.41) is 4.22. The van der Waals surface area contributed by atoms with Gasteiger partial charge in [-0.25, -0.2) is 0 Å². The van der Waals surface area contributed by atoms with Crippen molar-refractivity contribution in [2.75, 3.05) is 7.05 Å². The first-order chi connectivity index (χ1) is 10.7. The Morgan fingerprint density at radius 3 is 2.43 bits per heavy atom. The SMILES string of the molecule is CN(Cc1ccnn1C)C(=O)C12CC3C[C@@](C)(C1)C[C@](C)(C3)C2. The Labute approximate surface area is 139 Å². The highest BCUT2D eigenvalue weighted by Crippen LogP contribution is 2.69. The summed E-state index contributed by atoms with van der Waals surface area (Å²) in [4.78, 5) is 15.4. The standard InChI is InChI=1S/C19H29N3O/c1-17-7-14-8-18(2,11-17)13-19(9-14,12-17)16(23)21(3)10-15-5-6-20-22(15)4/h5-6,14H,7-13H2,1-4H3/t14?,17-,18+,19?. The van der Waals surface area contributed by atoms with E-state index in [1.807, 2.05) is 29.7 Å². The number of aromatic nitrogens is 2. The predicted molar refractivity (Wildman–Crippen MR) is 89.5 cm³/mol. The Morgan fingerprint density at radius 1 is 1.26 bits per heavy atom. The molecular formula is C19H29N3O. The quantitative estimate of drug-likeness (QED) is 0.857. The third-order valence-electron chi connectivity index (χ3n) is 6.75. The lowest BCUT2D eigenvalue weighted by Crippen LogP contribution is -2.59. The van der Waals surface area contributed by atoms with Crippen molar-refractivity contribution in [2.45, 2.75) is 58.9 Å². The minimum absolute atomic E-state index is 0.101. The molecule has 1 aromatic rings. The average molecular weight is 315 g/mol.